The molecule has 256 valence electrons. The van der Waals surface area contributed by atoms with Crippen LogP contribution in [0.25, 0.3) is 16.5 Å². The van der Waals surface area contributed by atoms with Crippen molar-refractivity contribution in [3.63, 3.8) is 0 Å². The Labute approximate surface area is 284 Å². The second-order valence-corrected chi connectivity index (χ2v) is 11.3. The van der Waals surface area contributed by atoms with Gasteiger partial charge in [0, 0.05) is 52.4 Å². The number of hydrazine groups is 1. The minimum Gasteiger partial charge on any atom is -0.570 e. The number of ether oxygens (including phenoxy) is 2. The predicted molar refractivity (Wildman–Crippen MR) is 174 cm³/mol. The number of fused-ring (bicyclic) bond motifs is 1. The number of non-ortho nitro benzene ring substituents is 1. The van der Waals surface area contributed by atoms with Crippen LogP contribution in [-0.4, -0.2) is 64.5 Å². The number of esters is 2. The number of benzene rings is 3. The Morgan fingerprint density at radius 3 is 2.61 bits per heavy atom. The summed E-state index contributed by atoms with van der Waals surface area (Å²) in [5.41, 5.74) is 6.82. The molecule has 1 aliphatic rings. The molecule has 1 saturated heterocycles. The van der Waals surface area contributed by atoms with Gasteiger partial charge < -0.3 is 29.3 Å². The van der Waals surface area contributed by atoms with Crippen LogP contribution >= 0.6 is 11.6 Å². The number of halogens is 1. The van der Waals surface area contributed by atoms with E-state index in [0.29, 0.717) is 42.1 Å². The molecule has 3 aromatic carbocycles. The van der Waals surface area contributed by atoms with Gasteiger partial charge in [0.2, 0.25) is 6.79 Å². The summed E-state index contributed by atoms with van der Waals surface area (Å²) in [5.74, 6) is -1.55. The highest BCUT2D eigenvalue weighted by Gasteiger charge is 2.34. The Balaban J connectivity index is 1.20. The van der Waals surface area contributed by atoms with E-state index in [2.05, 4.69) is 10.8 Å². The second-order valence-electron chi connectivity index (χ2n) is 10.9. The van der Waals surface area contributed by atoms with E-state index in [1.165, 1.54) is 12.1 Å². The normalized spacial score (nSPS) is 14.6. The third-order valence-electron chi connectivity index (χ3n) is 7.95. The maximum absolute atomic E-state index is 13.0. The van der Waals surface area contributed by atoms with Crippen LogP contribution in [0.2, 0.25) is 5.02 Å². The van der Waals surface area contributed by atoms with Crippen molar-refractivity contribution in [1.82, 2.24) is 14.9 Å². The smallest absolute Gasteiger partial charge is 0.327 e. The highest BCUT2D eigenvalue weighted by Crippen LogP contribution is 2.34. The first-order valence-electron chi connectivity index (χ1n) is 14.9. The van der Waals surface area contributed by atoms with Crippen LogP contribution in [0.4, 0.5) is 11.4 Å². The van der Waals surface area contributed by atoms with Crippen LogP contribution in [0.1, 0.15) is 40.0 Å². The summed E-state index contributed by atoms with van der Waals surface area (Å²) in [7, 11) is 1.26. The van der Waals surface area contributed by atoms with Crippen LogP contribution < -0.4 is 4.84 Å². The lowest BCUT2D eigenvalue weighted by Crippen LogP contribution is -2.47. The van der Waals surface area contributed by atoms with E-state index in [1.54, 1.807) is 24.3 Å². The van der Waals surface area contributed by atoms with Crippen LogP contribution in [0.5, 0.6) is 5.75 Å². The summed E-state index contributed by atoms with van der Waals surface area (Å²) in [6.45, 7) is 2.04. The largest absolute Gasteiger partial charge is 0.570 e. The lowest BCUT2D eigenvalue weighted by Gasteiger charge is -2.42. The molecule has 0 saturated carbocycles. The number of hydrogen-bond acceptors (Lipinski definition) is 13. The fraction of sp³-hybridized carbons (Fsp3) is 0.281. The number of aromatic nitrogens is 1. The van der Waals surface area contributed by atoms with E-state index in [9.17, 15) is 29.4 Å². The highest BCUT2D eigenvalue weighted by molar-refractivity contribution is 6.30. The molecule has 16 nitrogen and oxygen atoms in total. The third kappa shape index (κ3) is 8.07. The van der Waals surface area contributed by atoms with Gasteiger partial charge in [0.25, 0.3) is 5.69 Å². The van der Waals surface area contributed by atoms with E-state index >= 15 is 0 Å². The van der Waals surface area contributed by atoms with Crippen LogP contribution in [0, 0.1) is 21.9 Å². The van der Waals surface area contributed by atoms with Gasteiger partial charge in [-0.15, -0.1) is 4.91 Å². The van der Waals surface area contributed by atoms with Gasteiger partial charge in [-0.05, 0) is 72.5 Å². The van der Waals surface area contributed by atoms with Crippen molar-refractivity contribution >= 4 is 52.1 Å². The quantitative estimate of drug-likeness (QED) is 0.0360. The SMILES string of the molecule is CON([N-]Oc1ccc([N+](=O)[O-])cc1N=O)N1CCCC1C(=O)OCOC(=O)Cc1c(C)n(Cc2ccc(Cl)cc2)c2ccc(C=O)cc12. The molecule has 0 N–H and O–H groups in total. The Bertz CT molecular complexity index is 1880. The molecule has 0 aliphatic carbocycles. The van der Waals surface area contributed by atoms with E-state index in [4.69, 9.17) is 30.7 Å². The zero-order chi connectivity index (χ0) is 35.1. The number of nitrogens with zero attached hydrogens (tertiary/aromatic N) is 6. The van der Waals surface area contributed by atoms with Crippen molar-refractivity contribution in [3.8, 4) is 5.75 Å². The van der Waals surface area contributed by atoms with Gasteiger partial charge in [-0.1, -0.05) is 23.7 Å². The number of rotatable bonds is 15. The molecule has 0 bridgehead atoms. The number of hydrogen-bond donors (Lipinski definition) is 0. The molecule has 1 unspecified atom stereocenters. The van der Waals surface area contributed by atoms with Gasteiger partial charge in [0.15, 0.2) is 5.69 Å². The van der Waals surface area contributed by atoms with Gasteiger partial charge in [0.1, 0.15) is 18.1 Å². The van der Waals surface area contributed by atoms with Crippen molar-refractivity contribution < 1.29 is 38.5 Å². The van der Waals surface area contributed by atoms with Crippen molar-refractivity contribution in [2.24, 2.45) is 5.18 Å². The fourth-order valence-corrected chi connectivity index (χ4v) is 5.64. The molecule has 17 heteroatoms. The maximum atomic E-state index is 13.0. The third-order valence-corrected chi connectivity index (χ3v) is 8.20. The standard InChI is InChI=1S/C32H30ClN6O10/c1-20-25(26-14-22(18-40)7-11-28(26)36(20)17-21-5-8-23(33)9-6-21)16-31(41)47-19-48-32(42)29-4-3-13-37(29)39(46-2)35-49-30-12-10-24(38(44)45)15-27(30)34-43/h5-12,14-15,18,29H,3-4,13,16-17,19H2,1-2H3/q-1. The Morgan fingerprint density at radius 2 is 1.92 bits per heavy atom. The predicted octanol–water partition coefficient (Wildman–Crippen LogP) is 5.88. The number of nitro groups is 1. The van der Waals surface area contributed by atoms with Crippen molar-refractivity contribution in [1.29, 1.82) is 0 Å². The lowest BCUT2D eigenvalue weighted by atomic mass is 10.1. The molecule has 1 atom stereocenters. The average molecular weight is 694 g/mol. The van der Waals surface area contributed by atoms with Gasteiger partial charge in [-0.25, -0.2) is 5.01 Å². The minimum absolute atomic E-state index is 0.140. The van der Waals surface area contributed by atoms with E-state index in [1.807, 2.05) is 29.7 Å². The molecular formula is C32H30ClN6O10-. The van der Waals surface area contributed by atoms with Gasteiger partial charge in [0.05, 0.1) is 18.5 Å². The first-order chi connectivity index (χ1) is 23.6. The van der Waals surface area contributed by atoms with Gasteiger partial charge in [-0.2, -0.15) is 5.28 Å². The van der Waals surface area contributed by atoms with Crippen molar-refractivity contribution in [3.05, 3.63) is 109 Å². The van der Waals surface area contributed by atoms with Crippen molar-refractivity contribution in [2.75, 3.05) is 20.4 Å². The summed E-state index contributed by atoms with van der Waals surface area (Å²) in [5, 5.41) is 17.3. The molecule has 2 heterocycles. The Morgan fingerprint density at radius 1 is 1.14 bits per heavy atom. The van der Waals surface area contributed by atoms with Crippen LogP contribution in [-0.2, 0) is 36.9 Å². The second kappa shape index (κ2) is 15.8. The van der Waals surface area contributed by atoms with Crippen LogP contribution in [0.3, 0.4) is 0 Å². The molecule has 4 aromatic rings. The van der Waals surface area contributed by atoms with E-state index in [0.717, 1.165) is 51.9 Å². The zero-order valence-corrected chi connectivity index (χ0v) is 27.1. The number of carbonyl (C=O) groups excluding carboxylic acids is 3. The van der Waals surface area contributed by atoms with E-state index < -0.39 is 29.7 Å². The monoisotopic (exact) mass is 693 g/mol. The number of nitroso groups, excluding NO2 is 1. The summed E-state index contributed by atoms with van der Waals surface area (Å²) in [4.78, 5) is 69.4. The van der Waals surface area contributed by atoms with Crippen LogP contribution in [0.15, 0.2) is 65.8 Å². The topological polar surface area (TPSA) is 186 Å². The fourth-order valence-electron chi connectivity index (χ4n) is 5.51. The molecule has 1 aromatic heterocycles. The Kier molecular flexibility index (Phi) is 11.3. The summed E-state index contributed by atoms with van der Waals surface area (Å²) in [6.07, 6.45) is 1.50. The minimum atomic E-state index is -0.888. The van der Waals surface area contributed by atoms with E-state index in [-0.39, 0.29) is 23.5 Å². The number of carbonyl (C=O) groups is 3. The first kappa shape index (κ1) is 35.1. The zero-order valence-electron chi connectivity index (χ0n) is 26.3. The molecule has 5 rings (SSSR count). The molecule has 0 spiro atoms. The Hall–Kier alpha value is -5.26. The van der Waals surface area contributed by atoms with Crippen molar-refractivity contribution in [2.45, 2.75) is 38.8 Å². The summed E-state index contributed by atoms with van der Waals surface area (Å²) in [6, 6.07) is 15.0. The molecule has 49 heavy (non-hydrogen) atoms. The summed E-state index contributed by atoms with van der Waals surface area (Å²) < 4.78 is 12.6. The number of nitro benzene ring substituents is 1. The molecule has 1 fully saturated rings. The molecule has 0 radical (unpaired) electrons. The first-order valence-corrected chi connectivity index (χ1v) is 15.3. The summed E-state index contributed by atoms with van der Waals surface area (Å²) >= 11 is 6.05. The lowest BCUT2D eigenvalue weighted by molar-refractivity contribution is -0.384. The molecule has 1 aliphatic heterocycles. The molecule has 0 amide bonds. The average Bonchev–Trinajstić information content (AvgIpc) is 3.69. The number of aldehydes is 1. The van der Waals surface area contributed by atoms with Gasteiger partial charge in [-0.3, -0.25) is 24.5 Å². The highest BCUT2D eigenvalue weighted by atomic mass is 35.5. The maximum Gasteiger partial charge on any atom is 0.327 e. The molecular weight excluding hydrogens is 664 g/mol. The van der Waals surface area contributed by atoms with Gasteiger partial charge >= 0.3 is 11.9 Å².